The number of carbonyl (C=O) groups is 3. The fourth-order valence-electron chi connectivity index (χ4n) is 4.60. The first-order chi connectivity index (χ1) is 17.4. The molecule has 1 aliphatic heterocycles. The Morgan fingerprint density at radius 2 is 2.00 bits per heavy atom. The number of halogens is 1. The van der Waals surface area contributed by atoms with E-state index in [9.17, 15) is 18.8 Å². The molecule has 1 aromatic heterocycles. The Balaban J connectivity index is 1.57. The van der Waals surface area contributed by atoms with Crippen molar-refractivity contribution < 1.29 is 23.5 Å². The number of nitrogens with zero attached hydrogens (tertiary/aromatic N) is 3. The van der Waals surface area contributed by atoms with Crippen LogP contribution in [0.2, 0.25) is 0 Å². The second-order valence-corrected chi connectivity index (χ2v) is 10.6. The van der Waals surface area contributed by atoms with Gasteiger partial charge in [-0.15, -0.1) is 0 Å². The minimum atomic E-state index is -0.646. The topological polar surface area (TPSA) is 81.5 Å². The third-order valence-electron chi connectivity index (χ3n) is 6.45. The van der Waals surface area contributed by atoms with Crippen molar-refractivity contribution in [1.82, 2.24) is 14.7 Å². The fourth-order valence-corrected chi connectivity index (χ4v) is 5.52. The highest BCUT2D eigenvalue weighted by Gasteiger charge is 2.41. The molecular weight excluding hydrogens is 481 g/mol. The van der Waals surface area contributed by atoms with Gasteiger partial charge in [0.2, 0.25) is 0 Å². The summed E-state index contributed by atoms with van der Waals surface area (Å²) in [6, 6.07) is 7.72. The van der Waals surface area contributed by atoms with Crippen molar-refractivity contribution >= 4 is 34.7 Å². The Morgan fingerprint density at radius 1 is 1.22 bits per heavy atom. The number of thioether (sulfide) groups is 1. The van der Waals surface area contributed by atoms with Gasteiger partial charge in [-0.05, 0) is 50.0 Å². The lowest BCUT2D eigenvalue weighted by atomic mass is 9.93. The largest absolute Gasteiger partial charge is 0.466 e. The number of esters is 1. The van der Waals surface area contributed by atoms with Crippen LogP contribution < -0.4 is 0 Å². The maximum atomic E-state index is 14.8. The van der Waals surface area contributed by atoms with Crippen molar-refractivity contribution in [2.24, 2.45) is 5.92 Å². The third-order valence-corrected chi connectivity index (χ3v) is 7.60. The number of benzene rings is 1. The van der Waals surface area contributed by atoms with E-state index in [0.717, 1.165) is 18.4 Å². The number of rotatable bonds is 10. The number of Topliss-reactive ketones (excluding diaryl/α,β-unsaturated/α-hetero) is 1. The summed E-state index contributed by atoms with van der Waals surface area (Å²) in [4.78, 5) is 39.0. The molecule has 2 unspecified atom stereocenters. The van der Waals surface area contributed by atoms with Crippen molar-refractivity contribution in [1.29, 1.82) is 0 Å². The van der Waals surface area contributed by atoms with Gasteiger partial charge in [0.25, 0.3) is 0 Å². The molecule has 2 fully saturated rings. The molecule has 2 aromatic rings. The zero-order valence-corrected chi connectivity index (χ0v) is 21.5. The Bertz CT molecular complexity index is 1140. The molecule has 0 bridgehead atoms. The number of ketones is 1. The number of carbonyl (C=O) groups excluding carboxylic acids is 3. The average molecular weight is 514 g/mol. The van der Waals surface area contributed by atoms with E-state index < -0.39 is 6.04 Å². The van der Waals surface area contributed by atoms with E-state index in [1.54, 1.807) is 42.9 Å². The van der Waals surface area contributed by atoms with Gasteiger partial charge in [0.1, 0.15) is 5.82 Å². The number of piperidine rings is 1. The number of aryl methyl sites for hydroxylation is 1. The summed E-state index contributed by atoms with van der Waals surface area (Å²) >= 11 is 1.28. The summed E-state index contributed by atoms with van der Waals surface area (Å²) in [7, 11) is 0. The minimum absolute atomic E-state index is 0.0125. The second kappa shape index (κ2) is 12.0. The van der Waals surface area contributed by atoms with Crippen LogP contribution in [0.25, 0.3) is 6.08 Å². The first kappa shape index (κ1) is 26.3. The van der Waals surface area contributed by atoms with Crippen molar-refractivity contribution in [3.8, 4) is 0 Å². The first-order valence-corrected chi connectivity index (χ1v) is 13.3. The van der Waals surface area contributed by atoms with Crippen LogP contribution >= 0.6 is 11.8 Å². The van der Waals surface area contributed by atoms with Gasteiger partial charge in [-0.25, -0.2) is 4.39 Å². The Hall–Kier alpha value is -2.78. The van der Waals surface area contributed by atoms with Gasteiger partial charge in [-0.3, -0.25) is 24.0 Å². The number of likely N-dealkylation sites (tertiary alicyclic amines) is 1. The van der Waals surface area contributed by atoms with Crippen LogP contribution in [0.1, 0.15) is 56.8 Å². The molecule has 7 nitrogen and oxygen atoms in total. The Labute approximate surface area is 215 Å². The van der Waals surface area contributed by atoms with E-state index in [0.29, 0.717) is 43.9 Å². The van der Waals surface area contributed by atoms with Crippen molar-refractivity contribution in [2.75, 3.05) is 19.7 Å². The number of aromatic nitrogens is 2. The zero-order valence-electron chi connectivity index (χ0n) is 20.7. The molecule has 0 N–H and O–H groups in total. The summed E-state index contributed by atoms with van der Waals surface area (Å²) in [5, 5.41) is 4.54. The lowest BCUT2D eigenvalue weighted by molar-refractivity contribution is -0.143. The van der Waals surface area contributed by atoms with E-state index in [1.807, 2.05) is 17.0 Å². The van der Waals surface area contributed by atoms with Crippen molar-refractivity contribution in [2.45, 2.75) is 57.4 Å². The van der Waals surface area contributed by atoms with Crippen LogP contribution in [0, 0.1) is 11.7 Å². The van der Waals surface area contributed by atoms with Gasteiger partial charge >= 0.3 is 5.97 Å². The summed E-state index contributed by atoms with van der Waals surface area (Å²) in [5.74, 6) is -0.585. The smallest absolute Gasteiger partial charge is 0.307 e. The van der Waals surface area contributed by atoms with E-state index in [2.05, 4.69) is 5.10 Å². The Morgan fingerprint density at radius 3 is 2.69 bits per heavy atom. The van der Waals surface area contributed by atoms with Gasteiger partial charge in [0.05, 0.1) is 31.3 Å². The SMILES string of the molecule is CCOC(=O)CCn1ccc(/C=C2\CN(C(C(=O)C3CC3)c3ccccc3F)CCC2SC(C)=O)n1. The lowest BCUT2D eigenvalue weighted by Gasteiger charge is -2.38. The molecule has 1 saturated heterocycles. The summed E-state index contributed by atoms with van der Waals surface area (Å²) < 4.78 is 21.5. The summed E-state index contributed by atoms with van der Waals surface area (Å²) in [6.45, 7) is 5.11. The number of ether oxygens (including phenoxy) is 1. The average Bonchev–Trinajstić information content (AvgIpc) is 3.60. The molecule has 0 amide bonds. The highest BCUT2D eigenvalue weighted by Crippen LogP contribution is 2.40. The molecule has 0 radical (unpaired) electrons. The second-order valence-electron chi connectivity index (χ2n) is 9.24. The van der Waals surface area contributed by atoms with E-state index in [-0.39, 0.29) is 40.3 Å². The predicted molar refractivity (Wildman–Crippen MR) is 137 cm³/mol. The van der Waals surface area contributed by atoms with Crippen LogP contribution in [-0.2, 0) is 25.7 Å². The van der Waals surface area contributed by atoms with Crippen LogP contribution in [0.4, 0.5) is 4.39 Å². The van der Waals surface area contributed by atoms with Crippen molar-refractivity contribution in [3.63, 3.8) is 0 Å². The maximum Gasteiger partial charge on any atom is 0.307 e. The highest BCUT2D eigenvalue weighted by molar-refractivity contribution is 8.14. The van der Waals surface area contributed by atoms with Gasteiger partial charge < -0.3 is 4.74 Å². The fraction of sp³-hybridized carbons (Fsp3) is 0.481. The molecule has 9 heteroatoms. The van der Waals surface area contributed by atoms with Crippen LogP contribution in [0.3, 0.4) is 0 Å². The first-order valence-electron chi connectivity index (χ1n) is 12.4. The minimum Gasteiger partial charge on any atom is -0.466 e. The highest BCUT2D eigenvalue weighted by atomic mass is 32.2. The molecule has 1 aliphatic carbocycles. The van der Waals surface area contributed by atoms with Gasteiger partial charge in [0.15, 0.2) is 10.9 Å². The molecule has 1 saturated carbocycles. The Kier molecular flexibility index (Phi) is 8.74. The number of hydrogen-bond acceptors (Lipinski definition) is 7. The van der Waals surface area contributed by atoms with Crippen LogP contribution in [0.5, 0.6) is 0 Å². The standard InChI is InChI=1S/C27H32FN3O4S/c1-3-35-25(33)12-15-31-14-10-21(29-31)16-20-17-30(13-11-24(20)36-18(2)32)26(27(34)19-8-9-19)22-6-4-5-7-23(22)28/h4-7,10,14,16,19,24,26H,3,8-9,11-13,15,17H2,1-2H3/b20-16+. The summed E-state index contributed by atoms with van der Waals surface area (Å²) in [5.41, 5.74) is 2.09. The van der Waals surface area contributed by atoms with Gasteiger partial charge in [0, 0.05) is 42.9 Å². The molecule has 4 rings (SSSR count). The van der Waals surface area contributed by atoms with E-state index >= 15 is 0 Å². The van der Waals surface area contributed by atoms with Crippen LogP contribution in [-0.4, -0.2) is 56.5 Å². The molecular formula is C27H32FN3O4S. The van der Waals surface area contributed by atoms with E-state index in [4.69, 9.17) is 4.74 Å². The monoisotopic (exact) mass is 513 g/mol. The molecule has 1 aromatic carbocycles. The van der Waals surface area contributed by atoms with Gasteiger partial charge in [-0.2, -0.15) is 5.10 Å². The third kappa shape index (κ3) is 6.70. The van der Waals surface area contributed by atoms with Crippen molar-refractivity contribution in [3.05, 3.63) is 59.2 Å². The molecule has 192 valence electrons. The molecule has 2 heterocycles. The maximum absolute atomic E-state index is 14.8. The zero-order chi connectivity index (χ0) is 25.7. The van der Waals surface area contributed by atoms with E-state index in [1.165, 1.54) is 17.8 Å². The predicted octanol–water partition coefficient (Wildman–Crippen LogP) is 4.43. The molecule has 2 atom stereocenters. The van der Waals surface area contributed by atoms with Gasteiger partial charge in [-0.1, -0.05) is 30.0 Å². The molecule has 2 aliphatic rings. The number of hydrogen-bond donors (Lipinski definition) is 0. The molecule has 0 spiro atoms. The molecule has 36 heavy (non-hydrogen) atoms. The quantitative estimate of drug-likeness (QED) is 0.435. The summed E-state index contributed by atoms with van der Waals surface area (Å²) in [6.07, 6.45) is 6.36. The van der Waals surface area contributed by atoms with Crippen LogP contribution in [0.15, 0.2) is 42.1 Å². The normalized spacial score (nSPS) is 20.3. The lowest BCUT2D eigenvalue weighted by Crippen LogP contribution is -2.43.